The molecule has 2 heteroatoms. The zero-order valence-corrected chi connectivity index (χ0v) is 21.9. The van der Waals surface area contributed by atoms with Crippen molar-refractivity contribution in [3.63, 3.8) is 0 Å². The van der Waals surface area contributed by atoms with Gasteiger partial charge in [0.15, 0.2) is 0 Å². The minimum absolute atomic E-state index is 0.740. The van der Waals surface area contributed by atoms with E-state index >= 15 is 0 Å². The molecule has 2 saturated carbocycles. The second-order valence-corrected chi connectivity index (χ2v) is 11.1. The third-order valence-electron chi connectivity index (χ3n) is 8.46. The van der Waals surface area contributed by atoms with E-state index in [2.05, 4.69) is 38.1 Å². The van der Waals surface area contributed by atoms with Gasteiger partial charge in [-0.15, -0.1) is 0 Å². The molecule has 0 spiro atoms. The van der Waals surface area contributed by atoms with Crippen LogP contribution in [0.3, 0.4) is 0 Å². The van der Waals surface area contributed by atoms with Gasteiger partial charge in [0, 0.05) is 0 Å². The number of rotatable bonds is 15. The molecule has 0 bridgehead atoms. The minimum atomic E-state index is 0.740. The SMILES string of the molecule is CCCCCCC1CCC(COc2ccc(OCCCC3CCCCC3CCC)cc2)CC1. The summed E-state index contributed by atoms with van der Waals surface area (Å²) in [5, 5.41) is 0. The Morgan fingerprint density at radius 3 is 1.91 bits per heavy atom. The van der Waals surface area contributed by atoms with Gasteiger partial charge in [-0.2, -0.15) is 0 Å². The Bertz CT molecular complexity index is 600. The van der Waals surface area contributed by atoms with Crippen LogP contribution in [-0.2, 0) is 0 Å². The van der Waals surface area contributed by atoms with Crippen molar-refractivity contribution >= 4 is 0 Å². The number of benzene rings is 1. The molecule has 1 aromatic rings. The fourth-order valence-corrected chi connectivity index (χ4v) is 6.34. The fraction of sp³-hybridized carbons (Fsp3) is 0.806. The highest BCUT2D eigenvalue weighted by molar-refractivity contribution is 5.31. The van der Waals surface area contributed by atoms with Crippen molar-refractivity contribution in [2.45, 2.75) is 123 Å². The summed E-state index contributed by atoms with van der Waals surface area (Å²) in [5.74, 6) is 5.61. The second kappa shape index (κ2) is 15.7. The molecule has 0 N–H and O–H groups in total. The van der Waals surface area contributed by atoms with Crippen LogP contribution in [0, 0.1) is 23.7 Å². The van der Waals surface area contributed by atoms with Crippen LogP contribution in [0.1, 0.15) is 123 Å². The number of ether oxygens (including phenoxy) is 2. The summed E-state index contributed by atoms with van der Waals surface area (Å²) in [4.78, 5) is 0. The van der Waals surface area contributed by atoms with Crippen molar-refractivity contribution in [2.24, 2.45) is 23.7 Å². The predicted molar refractivity (Wildman–Crippen MR) is 141 cm³/mol. The molecule has 2 unspecified atom stereocenters. The Morgan fingerprint density at radius 1 is 0.606 bits per heavy atom. The van der Waals surface area contributed by atoms with Crippen LogP contribution in [-0.4, -0.2) is 13.2 Å². The van der Waals surface area contributed by atoms with Crippen LogP contribution in [0.15, 0.2) is 24.3 Å². The third-order valence-corrected chi connectivity index (χ3v) is 8.46. The molecule has 2 nitrogen and oxygen atoms in total. The summed E-state index contributed by atoms with van der Waals surface area (Å²) in [5.41, 5.74) is 0. The molecule has 0 radical (unpaired) electrons. The van der Waals surface area contributed by atoms with E-state index in [-0.39, 0.29) is 0 Å². The van der Waals surface area contributed by atoms with Crippen LogP contribution < -0.4 is 9.47 Å². The molecule has 0 heterocycles. The van der Waals surface area contributed by atoms with Gasteiger partial charge in [-0.1, -0.05) is 97.3 Å². The molecule has 3 rings (SSSR count). The van der Waals surface area contributed by atoms with E-state index in [1.807, 2.05) is 0 Å². The number of hydrogen-bond acceptors (Lipinski definition) is 2. The molecular formula is C31H52O2. The zero-order valence-electron chi connectivity index (χ0n) is 21.9. The van der Waals surface area contributed by atoms with Gasteiger partial charge in [-0.25, -0.2) is 0 Å². The molecule has 2 aliphatic rings. The Balaban J connectivity index is 1.26. The minimum Gasteiger partial charge on any atom is -0.494 e. The molecule has 0 aromatic heterocycles. The topological polar surface area (TPSA) is 18.5 Å². The van der Waals surface area contributed by atoms with E-state index in [0.29, 0.717) is 0 Å². The molecule has 33 heavy (non-hydrogen) atoms. The van der Waals surface area contributed by atoms with Gasteiger partial charge in [-0.3, -0.25) is 0 Å². The number of unbranched alkanes of at least 4 members (excludes halogenated alkanes) is 3. The maximum Gasteiger partial charge on any atom is 0.119 e. The Hall–Kier alpha value is -1.18. The van der Waals surface area contributed by atoms with E-state index in [4.69, 9.17) is 9.47 Å². The van der Waals surface area contributed by atoms with Crippen molar-refractivity contribution in [2.75, 3.05) is 13.2 Å². The van der Waals surface area contributed by atoms with Crippen LogP contribution in [0.25, 0.3) is 0 Å². The van der Waals surface area contributed by atoms with E-state index in [0.717, 1.165) is 48.4 Å². The lowest BCUT2D eigenvalue weighted by atomic mass is 9.75. The Morgan fingerprint density at radius 2 is 1.24 bits per heavy atom. The largest absolute Gasteiger partial charge is 0.494 e. The van der Waals surface area contributed by atoms with E-state index in [1.54, 1.807) is 0 Å². The van der Waals surface area contributed by atoms with Crippen LogP contribution in [0.4, 0.5) is 0 Å². The van der Waals surface area contributed by atoms with Gasteiger partial charge in [-0.05, 0) is 73.6 Å². The van der Waals surface area contributed by atoms with Crippen molar-refractivity contribution in [3.05, 3.63) is 24.3 Å². The molecule has 2 aliphatic carbocycles. The number of hydrogen-bond donors (Lipinski definition) is 0. The summed E-state index contributed by atoms with van der Waals surface area (Å²) in [6.07, 6.45) is 23.7. The normalized spacial score (nSPS) is 25.6. The standard InChI is InChI=1S/C31H52O2/c1-3-5-6-7-12-26-16-18-27(19-17-26)25-33-31-22-20-30(21-23-31)32-24-10-15-29-14-9-8-13-28(29)11-4-2/h20-23,26-29H,3-19,24-25H2,1-2H3. The average molecular weight is 457 g/mol. The monoisotopic (exact) mass is 456 g/mol. The third kappa shape index (κ3) is 9.91. The molecule has 1 aromatic carbocycles. The Labute approximate surface area is 205 Å². The van der Waals surface area contributed by atoms with E-state index in [1.165, 1.54) is 109 Å². The van der Waals surface area contributed by atoms with Crippen LogP contribution in [0.5, 0.6) is 11.5 Å². The predicted octanol–water partition coefficient (Wildman–Crippen LogP) is 9.61. The maximum absolute atomic E-state index is 6.13. The first-order valence-corrected chi connectivity index (χ1v) is 14.6. The first-order chi connectivity index (χ1) is 16.3. The molecule has 0 amide bonds. The fourth-order valence-electron chi connectivity index (χ4n) is 6.34. The summed E-state index contributed by atoms with van der Waals surface area (Å²) in [6.45, 7) is 6.36. The average Bonchev–Trinajstić information content (AvgIpc) is 2.86. The van der Waals surface area contributed by atoms with Gasteiger partial charge in [0.05, 0.1) is 13.2 Å². The van der Waals surface area contributed by atoms with Crippen molar-refractivity contribution < 1.29 is 9.47 Å². The van der Waals surface area contributed by atoms with Gasteiger partial charge >= 0.3 is 0 Å². The first-order valence-electron chi connectivity index (χ1n) is 14.6. The second-order valence-electron chi connectivity index (χ2n) is 11.1. The van der Waals surface area contributed by atoms with Gasteiger partial charge in [0.2, 0.25) is 0 Å². The molecule has 2 atom stereocenters. The van der Waals surface area contributed by atoms with Crippen LogP contribution in [0.2, 0.25) is 0 Å². The van der Waals surface area contributed by atoms with Crippen molar-refractivity contribution in [1.82, 2.24) is 0 Å². The van der Waals surface area contributed by atoms with Gasteiger partial charge in [0.25, 0.3) is 0 Å². The van der Waals surface area contributed by atoms with E-state index < -0.39 is 0 Å². The summed E-state index contributed by atoms with van der Waals surface area (Å²) in [6, 6.07) is 8.35. The lowest BCUT2D eigenvalue weighted by molar-refractivity contribution is 0.177. The quantitative estimate of drug-likeness (QED) is 0.245. The maximum atomic E-state index is 6.13. The summed E-state index contributed by atoms with van der Waals surface area (Å²) >= 11 is 0. The summed E-state index contributed by atoms with van der Waals surface area (Å²) < 4.78 is 12.2. The van der Waals surface area contributed by atoms with Crippen molar-refractivity contribution in [1.29, 1.82) is 0 Å². The van der Waals surface area contributed by atoms with Gasteiger partial charge in [0.1, 0.15) is 11.5 Å². The summed E-state index contributed by atoms with van der Waals surface area (Å²) in [7, 11) is 0. The lowest BCUT2D eigenvalue weighted by Gasteiger charge is -2.31. The zero-order chi connectivity index (χ0) is 23.1. The molecule has 188 valence electrons. The molecule has 0 saturated heterocycles. The smallest absolute Gasteiger partial charge is 0.119 e. The lowest BCUT2D eigenvalue weighted by Crippen LogP contribution is -2.20. The highest BCUT2D eigenvalue weighted by atomic mass is 16.5. The highest BCUT2D eigenvalue weighted by Crippen LogP contribution is 2.36. The molecule has 2 fully saturated rings. The van der Waals surface area contributed by atoms with Gasteiger partial charge < -0.3 is 9.47 Å². The Kier molecular flexibility index (Phi) is 12.5. The van der Waals surface area contributed by atoms with Crippen molar-refractivity contribution in [3.8, 4) is 11.5 Å². The molecule has 0 aliphatic heterocycles. The highest BCUT2D eigenvalue weighted by Gasteiger charge is 2.24. The van der Waals surface area contributed by atoms with E-state index in [9.17, 15) is 0 Å². The first kappa shape index (κ1) is 26.4. The molecular weight excluding hydrogens is 404 g/mol. The van der Waals surface area contributed by atoms with Crippen LogP contribution >= 0.6 is 0 Å².